The monoisotopic (exact) mass is 332 g/mol. The number of alkyl halides is 3. The highest BCUT2D eigenvalue weighted by Crippen LogP contribution is 2.33. The number of rotatable bonds is 3. The zero-order chi connectivity index (χ0) is 17.2. The topological polar surface area (TPSA) is 62.6 Å². The first-order valence-electron chi connectivity index (χ1n) is 7.45. The molecule has 0 saturated carbocycles. The standard InChI is InChI=1S/C15H19F3N2O3/c1-3-12-11(6-7-23-12)14(22)20-8-10(19-9(2)21)4-5-13(20)15(16,17)18/h6-7,10,13H,3-5,8H2,1-2H3,(H,19,21). The molecule has 23 heavy (non-hydrogen) atoms. The third kappa shape index (κ3) is 3.86. The van der Waals surface area contributed by atoms with Gasteiger partial charge in [0.05, 0.1) is 11.8 Å². The molecule has 8 heteroatoms. The van der Waals surface area contributed by atoms with Crippen LogP contribution in [0.1, 0.15) is 42.8 Å². The van der Waals surface area contributed by atoms with Crippen molar-refractivity contribution < 1.29 is 27.2 Å². The van der Waals surface area contributed by atoms with E-state index in [1.54, 1.807) is 6.92 Å². The number of carbonyl (C=O) groups excluding carboxylic acids is 2. The zero-order valence-electron chi connectivity index (χ0n) is 12.9. The van der Waals surface area contributed by atoms with Gasteiger partial charge in [-0.2, -0.15) is 13.2 Å². The molecule has 1 aliphatic heterocycles. The van der Waals surface area contributed by atoms with Crippen molar-refractivity contribution in [1.82, 2.24) is 10.2 Å². The highest BCUT2D eigenvalue weighted by atomic mass is 19.4. The van der Waals surface area contributed by atoms with Gasteiger partial charge in [0.25, 0.3) is 5.91 Å². The van der Waals surface area contributed by atoms with Crippen molar-refractivity contribution in [2.75, 3.05) is 6.54 Å². The summed E-state index contributed by atoms with van der Waals surface area (Å²) < 4.78 is 44.9. The Hall–Kier alpha value is -1.99. The fraction of sp³-hybridized carbons (Fsp3) is 0.600. The van der Waals surface area contributed by atoms with E-state index >= 15 is 0 Å². The minimum absolute atomic E-state index is 0.144. The number of furan rings is 1. The Kier molecular flexibility index (Phi) is 5.01. The van der Waals surface area contributed by atoms with Crippen LogP contribution in [0, 0.1) is 0 Å². The number of piperidine rings is 1. The molecule has 0 aromatic carbocycles. The molecule has 2 atom stereocenters. The lowest BCUT2D eigenvalue weighted by atomic mass is 9.96. The molecule has 5 nitrogen and oxygen atoms in total. The Balaban J connectivity index is 2.27. The Labute approximate surface area is 131 Å². The average molecular weight is 332 g/mol. The van der Waals surface area contributed by atoms with Gasteiger partial charge in [0.1, 0.15) is 11.8 Å². The predicted octanol–water partition coefficient (Wildman–Crippen LogP) is 2.51. The Bertz CT molecular complexity index is 583. The lowest BCUT2D eigenvalue weighted by Crippen LogP contribution is -2.58. The maximum atomic E-state index is 13.3. The van der Waals surface area contributed by atoms with E-state index < -0.39 is 24.2 Å². The Morgan fingerprint density at radius 3 is 2.65 bits per heavy atom. The molecule has 1 aromatic rings. The van der Waals surface area contributed by atoms with Gasteiger partial charge in [-0.05, 0) is 18.9 Å². The van der Waals surface area contributed by atoms with Crippen LogP contribution in [-0.2, 0) is 11.2 Å². The van der Waals surface area contributed by atoms with Crippen molar-refractivity contribution in [3.63, 3.8) is 0 Å². The van der Waals surface area contributed by atoms with Gasteiger partial charge in [0, 0.05) is 25.9 Å². The molecule has 2 unspecified atom stereocenters. The SMILES string of the molecule is CCc1occc1C(=O)N1CC(NC(C)=O)CCC1C(F)(F)F. The van der Waals surface area contributed by atoms with Crippen molar-refractivity contribution in [1.29, 1.82) is 0 Å². The molecule has 2 heterocycles. The van der Waals surface area contributed by atoms with E-state index in [9.17, 15) is 22.8 Å². The number of nitrogens with one attached hydrogen (secondary N) is 1. The molecule has 2 rings (SSSR count). The number of hydrogen-bond acceptors (Lipinski definition) is 3. The average Bonchev–Trinajstić information content (AvgIpc) is 2.93. The fourth-order valence-corrected chi connectivity index (χ4v) is 2.90. The quantitative estimate of drug-likeness (QED) is 0.925. The summed E-state index contributed by atoms with van der Waals surface area (Å²) in [5.41, 5.74) is 0.144. The molecule has 0 radical (unpaired) electrons. The first-order chi connectivity index (χ1) is 10.7. The molecule has 2 amide bonds. The molecule has 0 spiro atoms. The summed E-state index contributed by atoms with van der Waals surface area (Å²) in [5, 5.41) is 2.59. The third-order valence-corrected chi connectivity index (χ3v) is 3.92. The summed E-state index contributed by atoms with van der Waals surface area (Å²) in [6, 6.07) is -0.942. The zero-order valence-corrected chi connectivity index (χ0v) is 12.9. The van der Waals surface area contributed by atoms with Gasteiger partial charge in [0.15, 0.2) is 0 Å². The van der Waals surface area contributed by atoms with Gasteiger partial charge in [-0.3, -0.25) is 9.59 Å². The van der Waals surface area contributed by atoms with Crippen LogP contribution in [0.3, 0.4) is 0 Å². The van der Waals surface area contributed by atoms with E-state index in [1.807, 2.05) is 0 Å². The van der Waals surface area contributed by atoms with Crippen LogP contribution in [0.5, 0.6) is 0 Å². The van der Waals surface area contributed by atoms with Crippen LogP contribution >= 0.6 is 0 Å². The summed E-state index contributed by atoms with van der Waals surface area (Å²) in [6.45, 7) is 2.89. The van der Waals surface area contributed by atoms with Crippen molar-refractivity contribution in [3.8, 4) is 0 Å². The number of likely N-dealkylation sites (tertiary alicyclic amines) is 1. The summed E-state index contributed by atoms with van der Waals surface area (Å²) >= 11 is 0. The number of hydrogen-bond donors (Lipinski definition) is 1. The molecule has 1 aliphatic rings. The van der Waals surface area contributed by atoms with Gasteiger partial charge in [-0.25, -0.2) is 0 Å². The molecule has 1 saturated heterocycles. The number of nitrogens with zero attached hydrogens (tertiary/aromatic N) is 1. The smallest absolute Gasteiger partial charge is 0.408 e. The number of carbonyl (C=O) groups is 2. The molecule has 1 N–H and O–H groups in total. The van der Waals surface area contributed by atoms with Crippen molar-refractivity contribution >= 4 is 11.8 Å². The van der Waals surface area contributed by atoms with E-state index in [-0.39, 0.29) is 30.9 Å². The highest BCUT2D eigenvalue weighted by molar-refractivity contribution is 5.95. The molecule has 1 aromatic heterocycles. The largest absolute Gasteiger partial charge is 0.469 e. The van der Waals surface area contributed by atoms with Crippen LogP contribution < -0.4 is 5.32 Å². The molecule has 128 valence electrons. The van der Waals surface area contributed by atoms with Crippen LogP contribution in [0.4, 0.5) is 13.2 Å². The normalized spacial score (nSPS) is 22.0. The maximum Gasteiger partial charge on any atom is 0.408 e. The summed E-state index contributed by atoms with van der Waals surface area (Å²) in [6.07, 6.45) is -2.86. The minimum atomic E-state index is -4.51. The lowest BCUT2D eigenvalue weighted by Gasteiger charge is -2.40. The Morgan fingerprint density at radius 1 is 1.39 bits per heavy atom. The van der Waals surface area contributed by atoms with Gasteiger partial charge < -0.3 is 14.6 Å². The lowest BCUT2D eigenvalue weighted by molar-refractivity contribution is -0.184. The summed E-state index contributed by atoms with van der Waals surface area (Å²) in [7, 11) is 0. The van der Waals surface area contributed by atoms with Crippen molar-refractivity contribution in [3.05, 3.63) is 23.7 Å². The minimum Gasteiger partial charge on any atom is -0.469 e. The summed E-state index contributed by atoms with van der Waals surface area (Å²) in [4.78, 5) is 24.5. The highest BCUT2D eigenvalue weighted by Gasteiger charge is 2.48. The van der Waals surface area contributed by atoms with Crippen molar-refractivity contribution in [2.45, 2.75) is 51.4 Å². The van der Waals surface area contributed by atoms with Crippen molar-refractivity contribution in [2.24, 2.45) is 0 Å². The molecular weight excluding hydrogens is 313 g/mol. The predicted molar refractivity (Wildman–Crippen MR) is 75.8 cm³/mol. The van der Waals surface area contributed by atoms with E-state index in [0.717, 1.165) is 4.90 Å². The summed E-state index contributed by atoms with van der Waals surface area (Å²) in [5.74, 6) is -0.684. The van der Waals surface area contributed by atoms with E-state index in [0.29, 0.717) is 12.2 Å². The van der Waals surface area contributed by atoms with Crippen LogP contribution in [-0.4, -0.2) is 41.5 Å². The van der Waals surface area contributed by atoms with E-state index in [1.165, 1.54) is 19.3 Å². The Morgan fingerprint density at radius 2 is 2.09 bits per heavy atom. The first kappa shape index (κ1) is 17.4. The number of amides is 2. The first-order valence-corrected chi connectivity index (χ1v) is 7.45. The van der Waals surface area contributed by atoms with Crippen LogP contribution in [0.2, 0.25) is 0 Å². The van der Waals surface area contributed by atoms with Crippen LogP contribution in [0.25, 0.3) is 0 Å². The molecule has 0 bridgehead atoms. The number of halogens is 3. The van der Waals surface area contributed by atoms with Crippen LogP contribution in [0.15, 0.2) is 16.7 Å². The second kappa shape index (κ2) is 6.64. The van der Waals surface area contributed by atoms with Gasteiger partial charge >= 0.3 is 6.18 Å². The van der Waals surface area contributed by atoms with E-state index in [2.05, 4.69) is 5.32 Å². The fourth-order valence-electron chi connectivity index (χ4n) is 2.90. The molecular formula is C15H19F3N2O3. The van der Waals surface area contributed by atoms with Gasteiger partial charge in [-0.15, -0.1) is 0 Å². The van der Waals surface area contributed by atoms with Gasteiger partial charge in [-0.1, -0.05) is 6.92 Å². The number of aryl methyl sites for hydroxylation is 1. The van der Waals surface area contributed by atoms with Gasteiger partial charge in [0.2, 0.25) is 5.91 Å². The molecule has 0 aliphatic carbocycles. The second-order valence-corrected chi connectivity index (χ2v) is 5.60. The maximum absolute atomic E-state index is 13.3. The third-order valence-electron chi connectivity index (χ3n) is 3.92. The second-order valence-electron chi connectivity index (χ2n) is 5.60. The molecule has 1 fully saturated rings. The van der Waals surface area contributed by atoms with E-state index in [4.69, 9.17) is 4.42 Å².